The van der Waals surface area contributed by atoms with Crippen molar-refractivity contribution in [2.45, 2.75) is 6.61 Å². The highest BCUT2D eigenvalue weighted by Crippen LogP contribution is 2.28. The lowest BCUT2D eigenvalue weighted by Crippen LogP contribution is -1.82. The van der Waals surface area contributed by atoms with E-state index in [0.717, 1.165) is 16.0 Å². The first-order valence-electron chi connectivity index (χ1n) is 3.99. The second-order valence-electron chi connectivity index (χ2n) is 2.67. The molecule has 66 valence electrons. The maximum absolute atomic E-state index is 9.05. The molecule has 0 radical (unpaired) electrons. The molecule has 0 aliphatic rings. The summed E-state index contributed by atoms with van der Waals surface area (Å²) in [5.74, 6) is 0. The van der Waals surface area contributed by atoms with E-state index in [1.54, 1.807) is 17.5 Å². The van der Waals surface area contributed by atoms with Crippen LogP contribution in [0.15, 0.2) is 36.0 Å². The fourth-order valence-corrected chi connectivity index (χ4v) is 2.12. The topological polar surface area (TPSA) is 33.1 Å². The van der Waals surface area contributed by atoms with E-state index >= 15 is 0 Å². The molecule has 2 aromatic heterocycles. The average Bonchev–Trinajstić information content (AvgIpc) is 2.67. The number of pyridine rings is 1. The quantitative estimate of drug-likeness (QED) is 0.790. The van der Waals surface area contributed by atoms with Crippen molar-refractivity contribution >= 4 is 11.3 Å². The van der Waals surface area contributed by atoms with E-state index in [4.69, 9.17) is 5.11 Å². The summed E-state index contributed by atoms with van der Waals surface area (Å²) in [5.41, 5.74) is 2.04. The molecule has 0 aliphatic heterocycles. The van der Waals surface area contributed by atoms with Gasteiger partial charge in [0.05, 0.1) is 6.61 Å². The fourth-order valence-electron chi connectivity index (χ4n) is 1.21. The minimum absolute atomic E-state index is 0.0910. The Morgan fingerprint density at radius 1 is 1.38 bits per heavy atom. The molecule has 0 saturated heterocycles. The first-order chi connectivity index (χ1) is 6.42. The SMILES string of the molecule is OCc1ccsc1-c1cccnc1. The number of aliphatic hydroxyl groups excluding tert-OH is 1. The molecule has 0 aromatic carbocycles. The molecule has 2 rings (SSSR count). The van der Waals surface area contributed by atoms with Crippen LogP contribution in [0.25, 0.3) is 10.4 Å². The van der Waals surface area contributed by atoms with Crippen LogP contribution in [0.3, 0.4) is 0 Å². The van der Waals surface area contributed by atoms with Crippen molar-refractivity contribution in [1.82, 2.24) is 4.98 Å². The lowest BCUT2D eigenvalue weighted by atomic mass is 10.1. The van der Waals surface area contributed by atoms with E-state index in [9.17, 15) is 0 Å². The summed E-state index contributed by atoms with van der Waals surface area (Å²) in [6.07, 6.45) is 3.56. The number of hydrogen-bond donors (Lipinski definition) is 1. The largest absolute Gasteiger partial charge is 0.392 e. The zero-order chi connectivity index (χ0) is 9.10. The predicted molar refractivity (Wildman–Crippen MR) is 53.5 cm³/mol. The van der Waals surface area contributed by atoms with Gasteiger partial charge in [0.2, 0.25) is 0 Å². The molecule has 0 unspecified atom stereocenters. The Kier molecular flexibility index (Phi) is 2.38. The smallest absolute Gasteiger partial charge is 0.0696 e. The molecule has 1 N–H and O–H groups in total. The van der Waals surface area contributed by atoms with Gasteiger partial charge in [-0.15, -0.1) is 11.3 Å². The Bertz CT molecular complexity index is 383. The first-order valence-corrected chi connectivity index (χ1v) is 4.87. The number of aliphatic hydroxyl groups is 1. The van der Waals surface area contributed by atoms with Gasteiger partial charge < -0.3 is 5.11 Å². The van der Waals surface area contributed by atoms with Gasteiger partial charge in [0.15, 0.2) is 0 Å². The zero-order valence-electron chi connectivity index (χ0n) is 6.97. The van der Waals surface area contributed by atoms with Gasteiger partial charge in [-0.1, -0.05) is 6.07 Å². The van der Waals surface area contributed by atoms with Gasteiger partial charge in [0.25, 0.3) is 0 Å². The van der Waals surface area contributed by atoms with Crippen molar-refractivity contribution in [3.8, 4) is 10.4 Å². The van der Waals surface area contributed by atoms with Gasteiger partial charge in [0, 0.05) is 22.8 Å². The van der Waals surface area contributed by atoms with Crippen molar-refractivity contribution in [2.75, 3.05) is 0 Å². The normalized spacial score (nSPS) is 10.2. The second kappa shape index (κ2) is 3.68. The molecule has 2 nitrogen and oxygen atoms in total. The lowest BCUT2D eigenvalue weighted by Gasteiger charge is -1.99. The van der Waals surface area contributed by atoms with E-state index in [1.165, 1.54) is 0 Å². The summed E-state index contributed by atoms with van der Waals surface area (Å²) in [6, 6.07) is 5.83. The number of hydrogen-bond acceptors (Lipinski definition) is 3. The molecule has 0 spiro atoms. The maximum Gasteiger partial charge on any atom is 0.0696 e. The molecule has 0 aliphatic carbocycles. The molecular weight excluding hydrogens is 182 g/mol. The van der Waals surface area contributed by atoms with E-state index in [2.05, 4.69) is 4.98 Å². The predicted octanol–water partition coefficient (Wildman–Crippen LogP) is 2.30. The van der Waals surface area contributed by atoms with E-state index in [-0.39, 0.29) is 6.61 Å². The van der Waals surface area contributed by atoms with Crippen LogP contribution in [-0.4, -0.2) is 10.1 Å². The van der Waals surface area contributed by atoms with E-state index in [1.807, 2.05) is 29.8 Å². The van der Waals surface area contributed by atoms with Crippen LogP contribution in [0.1, 0.15) is 5.56 Å². The summed E-state index contributed by atoms with van der Waals surface area (Å²) in [5, 5.41) is 11.0. The maximum atomic E-state index is 9.05. The summed E-state index contributed by atoms with van der Waals surface area (Å²) >= 11 is 1.63. The molecule has 2 heterocycles. The molecular formula is C10H9NOS. The molecule has 13 heavy (non-hydrogen) atoms. The molecule has 0 bridgehead atoms. The molecule has 3 heteroatoms. The zero-order valence-corrected chi connectivity index (χ0v) is 7.79. The van der Waals surface area contributed by atoms with Crippen molar-refractivity contribution < 1.29 is 5.11 Å². The lowest BCUT2D eigenvalue weighted by molar-refractivity contribution is 0.283. The van der Waals surface area contributed by atoms with Gasteiger partial charge in [-0.05, 0) is 23.1 Å². The van der Waals surface area contributed by atoms with Crippen LogP contribution in [-0.2, 0) is 6.61 Å². The van der Waals surface area contributed by atoms with E-state index in [0.29, 0.717) is 0 Å². The highest BCUT2D eigenvalue weighted by atomic mass is 32.1. The third-order valence-corrected chi connectivity index (χ3v) is 2.85. The van der Waals surface area contributed by atoms with Gasteiger partial charge in [0.1, 0.15) is 0 Å². The number of aromatic nitrogens is 1. The molecule has 0 amide bonds. The highest BCUT2D eigenvalue weighted by molar-refractivity contribution is 7.13. The third kappa shape index (κ3) is 1.61. The standard InChI is InChI=1S/C10H9NOS/c12-7-9-3-5-13-10(9)8-2-1-4-11-6-8/h1-6,12H,7H2. The molecule has 2 aromatic rings. The number of rotatable bonds is 2. The van der Waals surface area contributed by atoms with E-state index < -0.39 is 0 Å². The molecule has 0 fully saturated rings. The Labute approximate surface area is 80.5 Å². The van der Waals surface area contributed by atoms with Gasteiger partial charge in [-0.25, -0.2) is 0 Å². The van der Waals surface area contributed by atoms with Crippen molar-refractivity contribution in [3.05, 3.63) is 41.5 Å². The Morgan fingerprint density at radius 3 is 3.00 bits per heavy atom. The van der Waals surface area contributed by atoms with Crippen LogP contribution in [0.4, 0.5) is 0 Å². The minimum atomic E-state index is 0.0910. The van der Waals surface area contributed by atoms with Gasteiger partial charge in [-0.2, -0.15) is 0 Å². The molecule has 0 saturated carbocycles. The Morgan fingerprint density at radius 2 is 2.31 bits per heavy atom. The average molecular weight is 191 g/mol. The van der Waals surface area contributed by atoms with Crippen molar-refractivity contribution in [1.29, 1.82) is 0 Å². The Hall–Kier alpha value is -1.19. The van der Waals surface area contributed by atoms with Crippen LogP contribution >= 0.6 is 11.3 Å². The van der Waals surface area contributed by atoms with Gasteiger partial charge in [-0.3, -0.25) is 4.98 Å². The Balaban J connectivity index is 2.47. The monoisotopic (exact) mass is 191 g/mol. The summed E-state index contributed by atoms with van der Waals surface area (Å²) < 4.78 is 0. The number of nitrogens with zero attached hydrogens (tertiary/aromatic N) is 1. The summed E-state index contributed by atoms with van der Waals surface area (Å²) in [7, 11) is 0. The van der Waals surface area contributed by atoms with Crippen LogP contribution in [0.5, 0.6) is 0 Å². The highest BCUT2D eigenvalue weighted by Gasteiger charge is 2.04. The second-order valence-corrected chi connectivity index (χ2v) is 3.59. The third-order valence-electron chi connectivity index (χ3n) is 1.84. The first kappa shape index (κ1) is 8.41. The van der Waals surface area contributed by atoms with Crippen molar-refractivity contribution in [3.63, 3.8) is 0 Å². The van der Waals surface area contributed by atoms with Crippen LogP contribution in [0, 0.1) is 0 Å². The van der Waals surface area contributed by atoms with Gasteiger partial charge >= 0.3 is 0 Å². The molecule has 0 atom stereocenters. The van der Waals surface area contributed by atoms with Crippen LogP contribution < -0.4 is 0 Å². The number of thiophene rings is 1. The van der Waals surface area contributed by atoms with Crippen LogP contribution in [0.2, 0.25) is 0 Å². The minimum Gasteiger partial charge on any atom is -0.392 e. The summed E-state index contributed by atoms with van der Waals surface area (Å²) in [4.78, 5) is 5.15. The van der Waals surface area contributed by atoms with Crippen molar-refractivity contribution in [2.24, 2.45) is 0 Å². The summed E-state index contributed by atoms with van der Waals surface area (Å²) in [6.45, 7) is 0.0910. The fraction of sp³-hybridized carbons (Fsp3) is 0.100.